The van der Waals surface area contributed by atoms with Gasteiger partial charge in [-0.2, -0.15) is 13.8 Å². The number of anilines is 1. The van der Waals surface area contributed by atoms with Gasteiger partial charge in [0.2, 0.25) is 0 Å². The summed E-state index contributed by atoms with van der Waals surface area (Å²) in [6, 6.07) is 0. The smallest absolute Gasteiger partial charge is 0.186 e. The summed E-state index contributed by atoms with van der Waals surface area (Å²) in [6.45, 7) is 4.69. The molecule has 1 N–H and O–H groups in total. The van der Waals surface area contributed by atoms with E-state index < -0.39 is 0 Å². The summed E-state index contributed by atoms with van der Waals surface area (Å²) >= 11 is 6.94. The Morgan fingerprint density at radius 1 is 1.38 bits per heavy atom. The van der Waals surface area contributed by atoms with Crippen LogP contribution in [0.25, 0.3) is 0 Å². The molecule has 2 aromatic rings. The molecule has 0 unspecified atom stereocenters. The van der Waals surface area contributed by atoms with Gasteiger partial charge in [0.1, 0.15) is 0 Å². The zero-order valence-electron chi connectivity index (χ0n) is 9.28. The maximum atomic E-state index is 5.84. The number of hydrogen-bond acceptors (Lipinski definition) is 5. The van der Waals surface area contributed by atoms with E-state index in [2.05, 4.69) is 19.2 Å². The van der Waals surface area contributed by atoms with E-state index in [9.17, 15) is 0 Å². The van der Waals surface area contributed by atoms with Gasteiger partial charge < -0.3 is 5.32 Å². The van der Waals surface area contributed by atoms with Gasteiger partial charge in [-0.3, -0.25) is 4.68 Å². The molecule has 0 aromatic carbocycles. The van der Waals surface area contributed by atoms with Crippen molar-refractivity contribution >= 4 is 29.1 Å². The molecule has 0 amide bonds. The SMILES string of the molecule is Cc1nn(C)c(C)c1CNc1nsnc1Cl. The summed E-state index contributed by atoms with van der Waals surface area (Å²) < 4.78 is 9.82. The van der Waals surface area contributed by atoms with Gasteiger partial charge in [0.25, 0.3) is 0 Å². The van der Waals surface area contributed by atoms with E-state index in [1.807, 2.05) is 25.6 Å². The second kappa shape index (κ2) is 4.39. The molecule has 0 atom stereocenters. The van der Waals surface area contributed by atoms with Crippen molar-refractivity contribution in [2.75, 3.05) is 5.32 Å². The summed E-state index contributed by atoms with van der Waals surface area (Å²) in [7, 11) is 1.93. The number of nitrogens with zero attached hydrogens (tertiary/aromatic N) is 4. The van der Waals surface area contributed by atoms with E-state index >= 15 is 0 Å². The first-order chi connectivity index (χ1) is 7.59. The lowest BCUT2D eigenvalue weighted by Gasteiger charge is -2.03. The molecule has 0 saturated heterocycles. The molecule has 7 heteroatoms. The highest BCUT2D eigenvalue weighted by atomic mass is 35.5. The minimum atomic E-state index is 0.421. The largest absolute Gasteiger partial charge is 0.362 e. The molecular formula is C9H12ClN5S. The Bertz CT molecular complexity index is 504. The first-order valence-corrected chi connectivity index (χ1v) is 5.91. The summed E-state index contributed by atoms with van der Waals surface area (Å²) in [4.78, 5) is 0. The molecule has 16 heavy (non-hydrogen) atoms. The lowest BCUT2D eigenvalue weighted by atomic mass is 10.2. The van der Waals surface area contributed by atoms with Crippen LogP contribution in [0.5, 0.6) is 0 Å². The van der Waals surface area contributed by atoms with Gasteiger partial charge in [0.15, 0.2) is 11.0 Å². The van der Waals surface area contributed by atoms with Crippen LogP contribution in [0, 0.1) is 13.8 Å². The quantitative estimate of drug-likeness (QED) is 0.916. The average Bonchev–Trinajstić information content (AvgIpc) is 2.72. The van der Waals surface area contributed by atoms with Crippen molar-refractivity contribution in [1.82, 2.24) is 18.5 Å². The summed E-state index contributed by atoms with van der Waals surface area (Å²) in [5, 5.41) is 7.92. The van der Waals surface area contributed by atoms with Crippen LogP contribution >= 0.6 is 23.3 Å². The normalized spacial score (nSPS) is 10.8. The molecule has 2 rings (SSSR count). The summed E-state index contributed by atoms with van der Waals surface area (Å²) in [5.74, 6) is 0.634. The van der Waals surface area contributed by atoms with Crippen molar-refractivity contribution in [2.45, 2.75) is 20.4 Å². The van der Waals surface area contributed by atoms with Gasteiger partial charge in [0, 0.05) is 24.8 Å². The summed E-state index contributed by atoms with van der Waals surface area (Å²) in [6.07, 6.45) is 0. The monoisotopic (exact) mass is 257 g/mol. The predicted molar refractivity (Wildman–Crippen MR) is 64.9 cm³/mol. The van der Waals surface area contributed by atoms with Gasteiger partial charge >= 0.3 is 0 Å². The van der Waals surface area contributed by atoms with Gasteiger partial charge in [-0.15, -0.1) is 0 Å². The highest BCUT2D eigenvalue weighted by molar-refractivity contribution is 6.99. The zero-order valence-corrected chi connectivity index (χ0v) is 10.9. The van der Waals surface area contributed by atoms with Crippen molar-refractivity contribution in [1.29, 1.82) is 0 Å². The molecule has 2 heterocycles. The fourth-order valence-electron chi connectivity index (χ4n) is 1.53. The van der Waals surface area contributed by atoms with Crippen LogP contribution in [-0.2, 0) is 13.6 Å². The molecule has 0 fully saturated rings. The Morgan fingerprint density at radius 3 is 2.62 bits per heavy atom. The predicted octanol–water partition coefficient (Wildman–Crippen LogP) is 2.15. The second-order valence-electron chi connectivity index (χ2n) is 3.53. The lowest BCUT2D eigenvalue weighted by molar-refractivity contribution is 0.730. The molecule has 0 aliphatic heterocycles. The molecule has 0 spiro atoms. The van der Waals surface area contributed by atoms with E-state index in [-0.39, 0.29) is 0 Å². The van der Waals surface area contributed by atoms with Crippen LogP contribution in [0.1, 0.15) is 17.0 Å². The van der Waals surface area contributed by atoms with Gasteiger partial charge in [-0.05, 0) is 13.8 Å². The summed E-state index contributed by atoms with van der Waals surface area (Å²) in [5.41, 5.74) is 3.34. The molecule has 86 valence electrons. The Balaban J connectivity index is 2.13. The Hall–Kier alpha value is -1.14. The maximum absolute atomic E-state index is 5.84. The van der Waals surface area contributed by atoms with Crippen LogP contribution in [0.15, 0.2) is 0 Å². The van der Waals surface area contributed by atoms with Crippen LogP contribution in [0.2, 0.25) is 5.15 Å². The van der Waals surface area contributed by atoms with Gasteiger partial charge in [-0.1, -0.05) is 11.6 Å². The fraction of sp³-hybridized carbons (Fsp3) is 0.444. The van der Waals surface area contributed by atoms with Crippen LogP contribution in [0.3, 0.4) is 0 Å². The van der Waals surface area contributed by atoms with E-state index in [0.717, 1.165) is 23.1 Å². The molecule has 0 saturated carbocycles. The highest BCUT2D eigenvalue weighted by Crippen LogP contribution is 2.20. The van der Waals surface area contributed by atoms with E-state index in [1.165, 1.54) is 5.56 Å². The molecule has 2 aromatic heterocycles. The molecular weight excluding hydrogens is 246 g/mol. The maximum Gasteiger partial charge on any atom is 0.186 e. The zero-order chi connectivity index (χ0) is 11.7. The number of aryl methyl sites for hydroxylation is 2. The third-order valence-corrected chi connectivity index (χ3v) is 3.43. The van der Waals surface area contributed by atoms with Crippen molar-refractivity contribution in [3.8, 4) is 0 Å². The Kier molecular flexibility index (Phi) is 3.11. The molecule has 0 radical (unpaired) electrons. The third kappa shape index (κ3) is 2.03. The number of nitrogens with one attached hydrogen (secondary N) is 1. The van der Waals surface area contributed by atoms with Crippen LogP contribution in [0.4, 0.5) is 5.82 Å². The molecule has 5 nitrogen and oxygen atoms in total. The molecule has 0 bridgehead atoms. The molecule has 0 aliphatic carbocycles. The third-order valence-electron chi connectivity index (χ3n) is 2.54. The van der Waals surface area contributed by atoms with E-state index in [0.29, 0.717) is 17.5 Å². The minimum Gasteiger partial charge on any atom is -0.362 e. The van der Waals surface area contributed by atoms with Crippen LogP contribution in [-0.4, -0.2) is 18.5 Å². The van der Waals surface area contributed by atoms with E-state index in [4.69, 9.17) is 11.6 Å². The number of halogens is 1. The average molecular weight is 258 g/mol. The molecule has 0 aliphatic rings. The van der Waals surface area contributed by atoms with Crippen molar-refractivity contribution in [2.24, 2.45) is 7.05 Å². The number of rotatable bonds is 3. The highest BCUT2D eigenvalue weighted by Gasteiger charge is 2.10. The van der Waals surface area contributed by atoms with Crippen molar-refractivity contribution in [3.63, 3.8) is 0 Å². The topological polar surface area (TPSA) is 55.6 Å². The number of hydrogen-bond donors (Lipinski definition) is 1. The second-order valence-corrected chi connectivity index (χ2v) is 4.42. The number of aromatic nitrogens is 4. The Morgan fingerprint density at radius 2 is 2.12 bits per heavy atom. The van der Waals surface area contributed by atoms with Crippen LogP contribution < -0.4 is 5.32 Å². The Labute approximate surface area is 103 Å². The van der Waals surface area contributed by atoms with Gasteiger partial charge in [-0.25, -0.2) is 0 Å². The first-order valence-electron chi connectivity index (χ1n) is 4.80. The standard InChI is InChI=1S/C9H12ClN5S/c1-5-7(6(2)15(3)12-5)4-11-9-8(10)13-16-14-9/h4H2,1-3H3,(H,11,14). The minimum absolute atomic E-state index is 0.421. The van der Waals surface area contributed by atoms with E-state index in [1.54, 1.807) is 0 Å². The van der Waals surface area contributed by atoms with Gasteiger partial charge in [0.05, 0.1) is 17.4 Å². The van der Waals surface area contributed by atoms with Crippen molar-refractivity contribution in [3.05, 3.63) is 22.1 Å². The first kappa shape index (κ1) is 11.3. The fourth-order valence-corrected chi connectivity index (χ4v) is 2.21. The lowest BCUT2D eigenvalue weighted by Crippen LogP contribution is -2.02. The van der Waals surface area contributed by atoms with Crippen molar-refractivity contribution < 1.29 is 0 Å².